The third kappa shape index (κ3) is 4.51. The van der Waals surface area contributed by atoms with Crippen LogP contribution in [-0.2, 0) is 6.54 Å². The van der Waals surface area contributed by atoms with E-state index < -0.39 is 5.82 Å². The summed E-state index contributed by atoms with van der Waals surface area (Å²) in [5, 5.41) is 5.77. The first-order valence-electron chi connectivity index (χ1n) is 7.47. The van der Waals surface area contributed by atoms with Gasteiger partial charge < -0.3 is 10.6 Å². The van der Waals surface area contributed by atoms with Crippen molar-refractivity contribution in [1.82, 2.24) is 9.97 Å². The Morgan fingerprint density at radius 1 is 1.08 bits per heavy atom. The van der Waals surface area contributed by atoms with E-state index in [1.807, 2.05) is 12.1 Å². The maximum absolute atomic E-state index is 13.2. The molecule has 2 aromatic heterocycles. The Hall–Kier alpha value is -2.99. The second-order valence-electron chi connectivity index (χ2n) is 5.22. The normalized spacial score (nSPS) is 10.3. The lowest BCUT2D eigenvalue weighted by molar-refractivity contribution is 0.102. The average Bonchev–Trinajstić information content (AvgIpc) is 2.64. The molecule has 126 valence electrons. The quantitative estimate of drug-likeness (QED) is 0.721. The van der Waals surface area contributed by atoms with E-state index in [1.165, 1.54) is 18.2 Å². The van der Waals surface area contributed by atoms with Crippen LogP contribution in [0.15, 0.2) is 61.1 Å². The first kappa shape index (κ1) is 16.9. The summed E-state index contributed by atoms with van der Waals surface area (Å²) in [5.41, 5.74) is 1.89. The Morgan fingerprint density at radius 2 is 1.88 bits per heavy atom. The number of benzene rings is 1. The van der Waals surface area contributed by atoms with E-state index in [-0.39, 0.29) is 10.9 Å². The van der Waals surface area contributed by atoms with E-state index in [1.54, 1.807) is 30.7 Å². The van der Waals surface area contributed by atoms with Gasteiger partial charge in [0, 0.05) is 36.4 Å². The lowest BCUT2D eigenvalue weighted by atomic mass is 10.2. The van der Waals surface area contributed by atoms with Crippen LogP contribution in [-0.4, -0.2) is 15.9 Å². The van der Waals surface area contributed by atoms with Crippen molar-refractivity contribution in [3.63, 3.8) is 0 Å². The third-order valence-electron chi connectivity index (χ3n) is 3.42. The van der Waals surface area contributed by atoms with E-state index in [9.17, 15) is 9.18 Å². The minimum atomic E-state index is -0.536. The highest BCUT2D eigenvalue weighted by Gasteiger charge is 2.09. The Labute approximate surface area is 148 Å². The van der Waals surface area contributed by atoms with Gasteiger partial charge >= 0.3 is 0 Å². The molecule has 1 amide bonds. The molecule has 0 aliphatic rings. The van der Waals surface area contributed by atoms with Gasteiger partial charge in [0.2, 0.25) is 0 Å². The third-order valence-corrected chi connectivity index (χ3v) is 3.71. The molecule has 7 heteroatoms. The van der Waals surface area contributed by atoms with Gasteiger partial charge in [0.05, 0.1) is 5.02 Å². The zero-order chi connectivity index (χ0) is 17.6. The molecule has 0 spiro atoms. The maximum atomic E-state index is 13.2. The number of anilines is 2. The van der Waals surface area contributed by atoms with Crippen molar-refractivity contribution in [3.05, 3.63) is 83.0 Å². The lowest BCUT2D eigenvalue weighted by Gasteiger charge is -2.09. The molecule has 0 aliphatic heterocycles. The first-order valence-corrected chi connectivity index (χ1v) is 7.85. The topological polar surface area (TPSA) is 66.9 Å². The number of pyridine rings is 2. The summed E-state index contributed by atoms with van der Waals surface area (Å²) in [6.07, 6.45) is 4.96. The summed E-state index contributed by atoms with van der Waals surface area (Å²) in [7, 11) is 0. The van der Waals surface area contributed by atoms with Gasteiger partial charge in [0.15, 0.2) is 0 Å². The summed E-state index contributed by atoms with van der Waals surface area (Å²) in [6.45, 7) is 0.564. The molecule has 0 aliphatic carbocycles. The second-order valence-corrected chi connectivity index (χ2v) is 5.63. The minimum Gasteiger partial charge on any atom is -0.366 e. The molecule has 0 unspecified atom stereocenters. The molecule has 0 atom stereocenters. The molecule has 0 fully saturated rings. The molecule has 2 heterocycles. The van der Waals surface area contributed by atoms with Gasteiger partial charge in [0.25, 0.3) is 5.91 Å². The molecule has 5 nitrogen and oxygen atoms in total. The number of nitrogens with one attached hydrogen (secondary N) is 2. The molecule has 2 N–H and O–H groups in total. The second kappa shape index (κ2) is 7.72. The van der Waals surface area contributed by atoms with Crippen molar-refractivity contribution in [2.45, 2.75) is 6.54 Å². The summed E-state index contributed by atoms with van der Waals surface area (Å²) < 4.78 is 13.2. The highest BCUT2D eigenvalue weighted by atomic mass is 35.5. The Kier molecular flexibility index (Phi) is 5.20. The van der Waals surface area contributed by atoms with Crippen LogP contribution < -0.4 is 10.6 Å². The molecule has 0 saturated heterocycles. The minimum absolute atomic E-state index is 0.0489. The fourth-order valence-corrected chi connectivity index (χ4v) is 2.32. The van der Waals surface area contributed by atoms with Crippen LogP contribution in [0.5, 0.6) is 0 Å². The van der Waals surface area contributed by atoms with Gasteiger partial charge in [-0.05, 0) is 48.0 Å². The van der Waals surface area contributed by atoms with Crippen molar-refractivity contribution in [2.24, 2.45) is 0 Å². The highest BCUT2D eigenvalue weighted by Crippen LogP contribution is 2.20. The molecular weight excluding hydrogens is 343 g/mol. The largest absolute Gasteiger partial charge is 0.366 e. The molecule has 1 aromatic carbocycles. The van der Waals surface area contributed by atoms with Gasteiger partial charge in [-0.25, -0.2) is 9.37 Å². The Balaban J connectivity index is 1.67. The number of hydrogen-bond acceptors (Lipinski definition) is 4. The molecule has 0 saturated carbocycles. The van der Waals surface area contributed by atoms with Crippen LogP contribution >= 0.6 is 11.6 Å². The summed E-state index contributed by atoms with van der Waals surface area (Å²) in [4.78, 5) is 20.5. The Morgan fingerprint density at radius 3 is 2.64 bits per heavy atom. The molecule has 25 heavy (non-hydrogen) atoms. The number of carbonyl (C=O) groups excluding carboxylic acids is 1. The predicted molar refractivity (Wildman–Crippen MR) is 95.2 cm³/mol. The van der Waals surface area contributed by atoms with Crippen LogP contribution in [0, 0.1) is 5.82 Å². The number of nitrogens with zero attached hydrogens (tertiary/aromatic N) is 2. The van der Waals surface area contributed by atoms with Gasteiger partial charge in [-0.2, -0.15) is 0 Å². The zero-order valence-corrected chi connectivity index (χ0v) is 13.8. The van der Waals surface area contributed by atoms with Crippen LogP contribution in [0.2, 0.25) is 5.02 Å². The van der Waals surface area contributed by atoms with E-state index in [4.69, 9.17) is 11.6 Å². The lowest BCUT2D eigenvalue weighted by Crippen LogP contribution is -2.13. The average molecular weight is 357 g/mol. The van der Waals surface area contributed by atoms with E-state index in [2.05, 4.69) is 20.6 Å². The van der Waals surface area contributed by atoms with E-state index in [0.717, 1.165) is 5.56 Å². The molecule has 0 radical (unpaired) electrons. The maximum Gasteiger partial charge on any atom is 0.255 e. The first-order chi connectivity index (χ1) is 12.1. The van der Waals surface area contributed by atoms with Gasteiger partial charge in [-0.3, -0.25) is 9.78 Å². The molecule has 3 aromatic rings. The number of rotatable bonds is 5. The van der Waals surface area contributed by atoms with Crippen molar-refractivity contribution >= 4 is 29.0 Å². The SMILES string of the molecule is O=C(Nc1ccc(F)c(Cl)c1)c1ccnc(NCc2ccncc2)c1. The van der Waals surface area contributed by atoms with E-state index in [0.29, 0.717) is 23.6 Å². The highest BCUT2D eigenvalue weighted by molar-refractivity contribution is 6.31. The van der Waals surface area contributed by atoms with Crippen molar-refractivity contribution in [3.8, 4) is 0 Å². The van der Waals surface area contributed by atoms with Crippen molar-refractivity contribution in [2.75, 3.05) is 10.6 Å². The molecule has 3 rings (SSSR count). The fourth-order valence-electron chi connectivity index (χ4n) is 2.14. The number of hydrogen-bond donors (Lipinski definition) is 2. The standard InChI is InChI=1S/C18H14ClFN4O/c19-15-10-14(1-2-16(15)20)24-18(25)13-5-8-22-17(9-13)23-11-12-3-6-21-7-4-12/h1-10H,11H2,(H,22,23)(H,24,25). The van der Waals surface area contributed by atoms with Gasteiger partial charge in [-0.15, -0.1) is 0 Å². The van der Waals surface area contributed by atoms with Crippen LogP contribution in [0.25, 0.3) is 0 Å². The predicted octanol–water partition coefficient (Wildman–Crippen LogP) is 4.13. The molecule has 0 bridgehead atoms. The number of carbonyl (C=O) groups is 1. The summed E-state index contributed by atoms with van der Waals surface area (Å²) in [5.74, 6) is -0.301. The van der Waals surface area contributed by atoms with Crippen LogP contribution in [0.1, 0.15) is 15.9 Å². The van der Waals surface area contributed by atoms with Crippen molar-refractivity contribution < 1.29 is 9.18 Å². The number of amides is 1. The van der Waals surface area contributed by atoms with E-state index >= 15 is 0 Å². The van der Waals surface area contributed by atoms with Crippen LogP contribution in [0.3, 0.4) is 0 Å². The number of aromatic nitrogens is 2. The molecular formula is C18H14ClFN4O. The van der Waals surface area contributed by atoms with Gasteiger partial charge in [-0.1, -0.05) is 11.6 Å². The number of halogens is 2. The van der Waals surface area contributed by atoms with Gasteiger partial charge in [0.1, 0.15) is 11.6 Å². The van der Waals surface area contributed by atoms with Crippen LogP contribution in [0.4, 0.5) is 15.9 Å². The monoisotopic (exact) mass is 356 g/mol. The fraction of sp³-hybridized carbons (Fsp3) is 0.0556. The summed E-state index contributed by atoms with van der Waals surface area (Å²) >= 11 is 5.72. The van der Waals surface area contributed by atoms with Crippen molar-refractivity contribution in [1.29, 1.82) is 0 Å². The smallest absolute Gasteiger partial charge is 0.255 e. The summed E-state index contributed by atoms with van der Waals surface area (Å²) in [6, 6.07) is 11.0. The Bertz CT molecular complexity index is 889. The zero-order valence-electron chi connectivity index (χ0n) is 13.0.